The third kappa shape index (κ3) is 2.99. The third-order valence-corrected chi connectivity index (χ3v) is 4.70. The highest BCUT2D eigenvalue weighted by atomic mass is 32.1. The minimum atomic E-state index is -0.173. The van der Waals surface area contributed by atoms with Gasteiger partial charge in [-0.3, -0.25) is 9.20 Å². The van der Waals surface area contributed by atoms with Crippen LogP contribution < -0.4 is 10.1 Å². The van der Waals surface area contributed by atoms with E-state index in [9.17, 15) is 4.79 Å². The molecule has 1 N–H and O–H groups in total. The van der Waals surface area contributed by atoms with Crippen LogP contribution in [0.25, 0.3) is 16.2 Å². The van der Waals surface area contributed by atoms with Gasteiger partial charge in [0.25, 0.3) is 5.91 Å². The van der Waals surface area contributed by atoms with Crippen molar-refractivity contribution in [3.8, 4) is 17.0 Å². The predicted octanol–water partition coefficient (Wildman–Crippen LogP) is 4.32. The highest BCUT2D eigenvalue weighted by molar-refractivity contribution is 7.15. The fraction of sp³-hybridized carbons (Fsp3) is 0.0526. The normalized spacial score (nSPS) is 10.8. The number of hydrogen-bond acceptors (Lipinski definition) is 4. The number of rotatable bonds is 4. The molecule has 2 aromatic heterocycles. The number of benzene rings is 2. The van der Waals surface area contributed by atoms with Gasteiger partial charge in [-0.15, -0.1) is 11.3 Å². The first kappa shape index (κ1) is 15.4. The summed E-state index contributed by atoms with van der Waals surface area (Å²) in [5, 5.41) is 4.72. The molecule has 2 aromatic carbocycles. The molecule has 0 unspecified atom stereocenters. The van der Waals surface area contributed by atoms with E-state index in [1.54, 1.807) is 7.11 Å². The average Bonchev–Trinajstić information content (AvgIpc) is 3.23. The summed E-state index contributed by atoms with van der Waals surface area (Å²) in [6.45, 7) is 0. The van der Waals surface area contributed by atoms with E-state index >= 15 is 0 Å². The molecular formula is C19H15N3O2S. The number of nitrogens with zero attached hydrogens (tertiary/aromatic N) is 2. The number of nitrogens with one attached hydrogen (secondary N) is 1. The lowest BCUT2D eigenvalue weighted by Crippen LogP contribution is -2.13. The van der Waals surface area contributed by atoms with Crippen molar-refractivity contribution in [3.05, 3.63) is 71.9 Å². The molecule has 0 saturated carbocycles. The van der Waals surface area contributed by atoms with Crippen LogP contribution in [-0.4, -0.2) is 22.4 Å². The van der Waals surface area contributed by atoms with Crippen molar-refractivity contribution in [1.82, 2.24) is 9.38 Å². The molecule has 0 atom stereocenters. The van der Waals surface area contributed by atoms with Gasteiger partial charge in [0.1, 0.15) is 11.4 Å². The Kier molecular flexibility index (Phi) is 3.95. The van der Waals surface area contributed by atoms with Crippen LogP contribution in [0.1, 0.15) is 10.5 Å². The molecule has 25 heavy (non-hydrogen) atoms. The molecule has 0 aliphatic carbocycles. The Balaban J connectivity index is 1.62. The van der Waals surface area contributed by atoms with E-state index < -0.39 is 0 Å². The first-order chi connectivity index (χ1) is 12.2. The Morgan fingerprint density at radius 1 is 1.12 bits per heavy atom. The molecule has 0 bridgehead atoms. The Bertz CT molecular complexity index is 1020. The standard InChI is InChI=1S/C19H15N3O2S/c1-24-15-9-7-14(8-10-15)20-18(23)17-12-25-19-21-16(11-22(17)19)13-5-3-2-4-6-13/h2-12H,1H3,(H,20,23). The second kappa shape index (κ2) is 6.41. The molecule has 0 fully saturated rings. The van der Waals surface area contributed by atoms with Crippen molar-refractivity contribution in [3.63, 3.8) is 0 Å². The minimum absolute atomic E-state index is 0.173. The lowest BCUT2D eigenvalue weighted by atomic mass is 10.2. The Morgan fingerprint density at radius 2 is 1.88 bits per heavy atom. The summed E-state index contributed by atoms with van der Waals surface area (Å²) in [7, 11) is 1.61. The van der Waals surface area contributed by atoms with Crippen molar-refractivity contribution in [2.24, 2.45) is 0 Å². The number of aromatic nitrogens is 2. The average molecular weight is 349 g/mol. The van der Waals surface area contributed by atoms with Crippen molar-refractivity contribution in [1.29, 1.82) is 0 Å². The number of anilines is 1. The number of imidazole rings is 1. The molecule has 5 nitrogen and oxygen atoms in total. The zero-order valence-electron chi connectivity index (χ0n) is 13.5. The van der Waals surface area contributed by atoms with Gasteiger partial charge in [-0.05, 0) is 24.3 Å². The molecule has 124 valence electrons. The van der Waals surface area contributed by atoms with Crippen LogP contribution in [0, 0.1) is 0 Å². The fourth-order valence-corrected chi connectivity index (χ4v) is 3.42. The van der Waals surface area contributed by atoms with E-state index in [1.807, 2.05) is 70.6 Å². The monoisotopic (exact) mass is 349 g/mol. The summed E-state index contributed by atoms with van der Waals surface area (Å²) in [4.78, 5) is 18.0. The third-order valence-electron chi connectivity index (χ3n) is 3.86. The molecule has 0 aliphatic heterocycles. The Morgan fingerprint density at radius 3 is 2.60 bits per heavy atom. The number of amides is 1. The van der Waals surface area contributed by atoms with E-state index in [2.05, 4.69) is 10.3 Å². The van der Waals surface area contributed by atoms with E-state index in [0.29, 0.717) is 11.4 Å². The lowest BCUT2D eigenvalue weighted by molar-refractivity contribution is 0.102. The summed E-state index contributed by atoms with van der Waals surface area (Å²) >= 11 is 1.45. The smallest absolute Gasteiger partial charge is 0.273 e. The van der Waals surface area contributed by atoms with E-state index in [0.717, 1.165) is 22.0 Å². The number of carbonyl (C=O) groups excluding carboxylic acids is 1. The van der Waals surface area contributed by atoms with E-state index in [-0.39, 0.29) is 5.91 Å². The number of ether oxygens (including phenoxy) is 1. The molecule has 0 saturated heterocycles. The maximum absolute atomic E-state index is 12.6. The van der Waals surface area contributed by atoms with Crippen LogP contribution in [0.5, 0.6) is 5.75 Å². The molecule has 0 spiro atoms. The van der Waals surface area contributed by atoms with E-state index in [4.69, 9.17) is 4.74 Å². The summed E-state index contributed by atoms with van der Waals surface area (Å²) in [5.74, 6) is 0.575. The minimum Gasteiger partial charge on any atom is -0.497 e. The molecule has 4 aromatic rings. The zero-order chi connectivity index (χ0) is 17.2. The van der Waals surface area contributed by atoms with Crippen LogP contribution in [-0.2, 0) is 0 Å². The van der Waals surface area contributed by atoms with Gasteiger partial charge < -0.3 is 10.1 Å². The van der Waals surface area contributed by atoms with E-state index in [1.165, 1.54) is 11.3 Å². The Hall–Kier alpha value is -3.12. The summed E-state index contributed by atoms with van der Waals surface area (Å²) in [6, 6.07) is 17.2. The van der Waals surface area contributed by atoms with Gasteiger partial charge in [0.05, 0.1) is 12.8 Å². The maximum atomic E-state index is 12.6. The SMILES string of the molecule is COc1ccc(NC(=O)c2csc3nc(-c4ccccc4)cn23)cc1. The van der Waals surface area contributed by atoms with Crippen LogP contribution in [0.3, 0.4) is 0 Å². The molecule has 0 radical (unpaired) electrons. The van der Waals surface area contributed by atoms with Crippen molar-refractivity contribution in [2.45, 2.75) is 0 Å². The Labute approximate surface area is 148 Å². The molecule has 4 rings (SSSR count). The molecule has 0 aliphatic rings. The maximum Gasteiger partial charge on any atom is 0.273 e. The van der Waals surface area contributed by atoms with Gasteiger partial charge in [0, 0.05) is 22.8 Å². The molecule has 1 amide bonds. The van der Waals surface area contributed by atoms with Gasteiger partial charge in [0.2, 0.25) is 0 Å². The number of hydrogen-bond donors (Lipinski definition) is 1. The highest BCUT2D eigenvalue weighted by Crippen LogP contribution is 2.24. The molecule has 2 heterocycles. The topological polar surface area (TPSA) is 55.6 Å². The van der Waals surface area contributed by atoms with Gasteiger partial charge in [-0.1, -0.05) is 30.3 Å². The first-order valence-electron chi connectivity index (χ1n) is 7.72. The van der Waals surface area contributed by atoms with Gasteiger partial charge in [-0.25, -0.2) is 4.98 Å². The van der Waals surface area contributed by atoms with Crippen LogP contribution >= 0.6 is 11.3 Å². The molecular weight excluding hydrogens is 334 g/mol. The van der Waals surface area contributed by atoms with Gasteiger partial charge in [0.15, 0.2) is 4.96 Å². The van der Waals surface area contributed by atoms with Gasteiger partial charge in [-0.2, -0.15) is 0 Å². The predicted molar refractivity (Wildman–Crippen MR) is 99.5 cm³/mol. The lowest BCUT2D eigenvalue weighted by Gasteiger charge is -2.05. The van der Waals surface area contributed by atoms with Crippen LogP contribution in [0.15, 0.2) is 66.2 Å². The van der Waals surface area contributed by atoms with Crippen molar-refractivity contribution < 1.29 is 9.53 Å². The van der Waals surface area contributed by atoms with Gasteiger partial charge >= 0.3 is 0 Å². The largest absolute Gasteiger partial charge is 0.497 e. The number of carbonyl (C=O) groups is 1. The number of fused-ring (bicyclic) bond motifs is 1. The van der Waals surface area contributed by atoms with Crippen molar-refractivity contribution >= 4 is 27.9 Å². The quantitative estimate of drug-likeness (QED) is 0.597. The summed E-state index contributed by atoms with van der Waals surface area (Å²) in [5.41, 5.74) is 3.16. The summed E-state index contributed by atoms with van der Waals surface area (Å²) < 4.78 is 6.95. The first-order valence-corrected chi connectivity index (χ1v) is 8.60. The van der Waals surface area contributed by atoms with Crippen LogP contribution in [0.2, 0.25) is 0 Å². The van der Waals surface area contributed by atoms with Crippen LogP contribution in [0.4, 0.5) is 5.69 Å². The number of thiazole rings is 1. The van der Waals surface area contributed by atoms with Crippen molar-refractivity contribution in [2.75, 3.05) is 12.4 Å². The second-order valence-corrected chi connectivity index (χ2v) is 6.28. The molecule has 6 heteroatoms. The highest BCUT2D eigenvalue weighted by Gasteiger charge is 2.15. The number of methoxy groups -OCH3 is 1. The second-order valence-electron chi connectivity index (χ2n) is 5.45. The fourth-order valence-electron chi connectivity index (χ4n) is 2.56. The summed E-state index contributed by atoms with van der Waals surface area (Å²) in [6.07, 6.45) is 1.89. The zero-order valence-corrected chi connectivity index (χ0v) is 14.3.